The fourth-order valence-corrected chi connectivity index (χ4v) is 3.14. The Hall–Kier alpha value is -1.43. The first-order chi connectivity index (χ1) is 9.52. The summed E-state index contributed by atoms with van der Waals surface area (Å²) in [6.07, 6.45) is 3.07. The number of hydrogen-bond donors (Lipinski definition) is 2. The molecule has 1 aromatic rings. The largest absolute Gasteiger partial charge is 0.504 e. The molecule has 2 rings (SSSR count). The molecule has 20 heavy (non-hydrogen) atoms. The highest BCUT2D eigenvalue weighted by molar-refractivity contribution is 9.10. The van der Waals surface area contributed by atoms with Crippen LogP contribution in [0.5, 0.6) is 17.2 Å². The number of halogens is 1. The van der Waals surface area contributed by atoms with Gasteiger partial charge in [-0.2, -0.15) is 0 Å². The molecule has 6 heteroatoms. The first-order valence-electron chi connectivity index (χ1n) is 6.55. The van der Waals surface area contributed by atoms with Crippen LogP contribution in [0, 0.1) is 0 Å². The fraction of sp³-hybridized carbons (Fsp3) is 0.500. The van der Waals surface area contributed by atoms with E-state index in [0.29, 0.717) is 16.5 Å². The van der Waals surface area contributed by atoms with Gasteiger partial charge in [-0.3, -0.25) is 0 Å². The summed E-state index contributed by atoms with van der Waals surface area (Å²) in [5.74, 6) is -1.20. The molecule has 1 aliphatic heterocycles. The Bertz CT molecular complexity index is 541. The van der Waals surface area contributed by atoms with Crippen molar-refractivity contribution in [2.45, 2.75) is 38.7 Å². The zero-order chi connectivity index (χ0) is 14.9. The molecule has 0 amide bonds. The Morgan fingerprint density at radius 3 is 2.60 bits per heavy atom. The van der Waals surface area contributed by atoms with Gasteiger partial charge in [-0.25, -0.2) is 4.79 Å². The number of phenolic OH excluding ortho intramolecular Hbond substituents is 2. The Morgan fingerprint density at radius 1 is 1.30 bits per heavy atom. The lowest BCUT2D eigenvalue weighted by Gasteiger charge is -2.14. The van der Waals surface area contributed by atoms with Crippen molar-refractivity contribution in [2.24, 2.45) is 0 Å². The zero-order valence-electron chi connectivity index (χ0n) is 11.4. The molecule has 1 unspecified atom stereocenters. The molecule has 0 bridgehead atoms. The van der Waals surface area contributed by atoms with Gasteiger partial charge in [0.1, 0.15) is 6.10 Å². The number of unbranched alkanes of at least 4 members (excludes halogenated alkanes) is 2. The van der Waals surface area contributed by atoms with Crippen LogP contribution in [0.3, 0.4) is 0 Å². The summed E-state index contributed by atoms with van der Waals surface area (Å²) in [6, 6.07) is 0. The average Bonchev–Trinajstić information content (AvgIpc) is 2.74. The van der Waals surface area contributed by atoms with Crippen molar-refractivity contribution in [3.63, 3.8) is 0 Å². The van der Waals surface area contributed by atoms with Gasteiger partial charge >= 0.3 is 5.97 Å². The molecule has 0 radical (unpaired) electrons. The molecular formula is C14H17BrO5. The number of cyclic esters (lactones) is 1. The topological polar surface area (TPSA) is 76.0 Å². The third-order valence-electron chi connectivity index (χ3n) is 3.43. The van der Waals surface area contributed by atoms with Crippen LogP contribution in [0.15, 0.2) is 4.47 Å². The lowest BCUT2D eigenvalue weighted by atomic mass is 9.98. The lowest BCUT2D eigenvalue weighted by Crippen LogP contribution is -1.98. The van der Waals surface area contributed by atoms with Crippen molar-refractivity contribution in [3.8, 4) is 17.2 Å². The van der Waals surface area contributed by atoms with E-state index in [1.165, 1.54) is 7.11 Å². The molecule has 2 N–H and O–H groups in total. The van der Waals surface area contributed by atoms with Gasteiger partial charge in [0.05, 0.1) is 22.7 Å². The van der Waals surface area contributed by atoms with Gasteiger partial charge < -0.3 is 19.7 Å². The Balaban J connectivity index is 2.46. The molecule has 1 aliphatic rings. The number of rotatable bonds is 5. The molecule has 0 saturated heterocycles. The summed E-state index contributed by atoms with van der Waals surface area (Å²) in [4.78, 5) is 12.0. The summed E-state index contributed by atoms with van der Waals surface area (Å²) >= 11 is 3.23. The molecule has 1 aromatic carbocycles. The van der Waals surface area contributed by atoms with E-state index in [2.05, 4.69) is 22.9 Å². The maximum atomic E-state index is 12.0. The number of benzene rings is 1. The number of aromatic hydroxyl groups is 2. The number of methoxy groups -OCH3 is 1. The first-order valence-corrected chi connectivity index (χ1v) is 7.34. The van der Waals surface area contributed by atoms with Crippen molar-refractivity contribution >= 4 is 21.9 Å². The maximum absolute atomic E-state index is 12.0. The zero-order valence-corrected chi connectivity index (χ0v) is 13.0. The molecule has 5 nitrogen and oxygen atoms in total. The van der Waals surface area contributed by atoms with Crippen molar-refractivity contribution in [1.29, 1.82) is 0 Å². The monoisotopic (exact) mass is 344 g/mol. The van der Waals surface area contributed by atoms with Gasteiger partial charge in [-0.1, -0.05) is 19.8 Å². The quantitative estimate of drug-likeness (QED) is 0.484. The minimum atomic E-state index is -0.517. The Kier molecular flexibility index (Phi) is 4.42. The summed E-state index contributed by atoms with van der Waals surface area (Å²) in [5, 5.41) is 20.1. The molecule has 0 saturated carbocycles. The molecule has 1 atom stereocenters. The van der Waals surface area contributed by atoms with E-state index in [-0.39, 0.29) is 22.8 Å². The highest BCUT2D eigenvalue weighted by Gasteiger charge is 2.39. The SMILES string of the molecule is CCCCCC1OC(=O)c2c(Br)c(OC)c(O)c(O)c21. The molecule has 1 heterocycles. The highest BCUT2D eigenvalue weighted by atomic mass is 79.9. The van der Waals surface area contributed by atoms with Crippen LogP contribution in [0.4, 0.5) is 0 Å². The molecule has 0 spiro atoms. The third-order valence-corrected chi connectivity index (χ3v) is 4.19. The second-order valence-corrected chi connectivity index (χ2v) is 5.52. The number of phenols is 2. The van der Waals surface area contributed by atoms with Crippen molar-refractivity contribution in [1.82, 2.24) is 0 Å². The van der Waals surface area contributed by atoms with E-state index in [0.717, 1.165) is 19.3 Å². The van der Waals surface area contributed by atoms with Crippen LogP contribution in [0.25, 0.3) is 0 Å². The van der Waals surface area contributed by atoms with Crippen LogP contribution >= 0.6 is 15.9 Å². The van der Waals surface area contributed by atoms with Gasteiger partial charge in [0.2, 0.25) is 5.75 Å². The van der Waals surface area contributed by atoms with Gasteiger partial charge in [-0.15, -0.1) is 0 Å². The molecule has 0 aromatic heterocycles. The van der Waals surface area contributed by atoms with E-state index >= 15 is 0 Å². The van der Waals surface area contributed by atoms with Gasteiger partial charge in [0.25, 0.3) is 0 Å². The molecule has 110 valence electrons. The number of hydrogen-bond acceptors (Lipinski definition) is 5. The Labute approximate surface area is 125 Å². The summed E-state index contributed by atoms with van der Waals surface area (Å²) < 4.78 is 10.6. The number of esters is 1. The van der Waals surface area contributed by atoms with E-state index < -0.39 is 12.1 Å². The van der Waals surface area contributed by atoms with Gasteiger partial charge in [0.15, 0.2) is 11.5 Å². The van der Waals surface area contributed by atoms with Crippen LogP contribution in [0.2, 0.25) is 0 Å². The molecular weight excluding hydrogens is 328 g/mol. The number of fused-ring (bicyclic) bond motifs is 1. The van der Waals surface area contributed by atoms with Crippen molar-refractivity contribution in [3.05, 3.63) is 15.6 Å². The molecule has 0 aliphatic carbocycles. The molecule has 0 fully saturated rings. The summed E-state index contributed by atoms with van der Waals surface area (Å²) in [7, 11) is 1.35. The second kappa shape index (κ2) is 5.91. The standard InChI is InChI=1S/C14H17BrO5/c1-3-4-5-6-7-8-9(14(18)20-7)10(15)13(19-2)12(17)11(8)16/h7,16-17H,3-6H2,1-2H3. The number of carbonyl (C=O) groups is 1. The smallest absolute Gasteiger partial charge is 0.340 e. The van der Waals surface area contributed by atoms with Crippen LogP contribution in [-0.2, 0) is 4.74 Å². The van der Waals surface area contributed by atoms with Crippen molar-refractivity contribution < 1.29 is 24.5 Å². The minimum Gasteiger partial charge on any atom is -0.504 e. The summed E-state index contributed by atoms with van der Waals surface area (Å²) in [5.41, 5.74) is 0.579. The first kappa shape index (κ1) is 15.0. The van der Waals surface area contributed by atoms with E-state index in [1.807, 2.05) is 0 Å². The number of ether oxygens (including phenoxy) is 2. The normalized spacial score (nSPS) is 16.9. The third kappa shape index (κ3) is 2.32. The van der Waals surface area contributed by atoms with Gasteiger partial charge in [-0.05, 0) is 28.8 Å². The average molecular weight is 345 g/mol. The second-order valence-electron chi connectivity index (χ2n) is 4.72. The number of carbonyl (C=O) groups excluding carboxylic acids is 1. The van der Waals surface area contributed by atoms with Gasteiger partial charge in [0, 0.05) is 0 Å². The Morgan fingerprint density at radius 2 is 2.00 bits per heavy atom. The predicted octanol–water partition coefficient (Wildman–Crippen LogP) is 3.66. The van der Waals surface area contributed by atoms with E-state index in [9.17, 15) is 15.0 Å². The van der Waals surface area contributed by atoms with Crippen LogP contribution in [-0.4, -0.2) is 23.3 Å². The fourth-order valence-electron chi connectivity index (χ4n) is 2.42. The van der Waals surface area contributed by atoms with E-state index in [1.54, 1.807) is 0 Å². The van der Waals surface area contributed by atoms with Crippen molar-refractivity contribution in [2.75, 3.05) is 7.11 Å². The van der Waals surface area contributed by atoms with Crippen LogP contribution in [0.1, 0.15) is 54.6 Å². The lowest BCUT2D eigenvalue weighted by molar-refractivity contribution is 0.0360. The predicted molar refractivity (Wildman–Crippen MR) is 76.3 cm³/mol. The summed E-state index contributed by atoms with van der Waals surface area (Å²) in [6.45, 7) is 2.08. The minimum absolute atomic E-state index is 0.0346. The highest BCUT2D eigenvalue weighted by Crippen LogP contribution is 2.52. The van der Waals surface area contributed by atoms with Crippen LogP contribution < -0.4 is 4.74 Å². The van der Waals surface area contributed by atoms with E-state index in [4.69, 9.17) is 9.47 Å². The maximum Gasteiger partial charge on any atom is 0.340 e.